The van der Waals surface area contributed by atoms with Crippen molar-refractivity contribution in [3.05, 3.63) is 82.0 Å². The topological polar surface area (TPSA) is 103 Å². The van der Waals surface area contributed by atoms with Gasteiger partial charge in [0.15, 0.2) is 5.84 Å². The zero-order chi connectivity index (χ0) is 23.9. The first kappa shape index (κ1) is 23.8. The van der Waals surface area contributed by atoms with Gasteiger partial charge in [-0.05, 0) is 42.4 Å². The predicted molar refractivity (Wildman–Crippen MR) is 138 cm³/mol. The Kier molecular flexibility index (Phi) is 7.85. The lowest BCUT2D eigenvalue weighted by atomic mass is 9.95. The van der Waals surface area contributed by atoms with Crippen molar-refractivity contribution in [1.29, 1.82) is 0 Å². The van der Waals surface area contributed by atoms with Gasteiger partial charge in [0.05, 0.1) is 6.54 Å². The zero-order valence-electron chi connectivity index (χ0n) is 20.0. The van der Waals surface area contributed by atoms with Crippen LogP contribution in [-0.2, 0) is 13.0 Å². The molecule has 0 radical (unpaired) electrons. The number of benzene rings is 2. The first-order valence-electron chi connectivity index (χ1n) is 12.4. The molecule has 180 valence electrons. The molecule has 5 N–H and O–H groups in total. The molecule has 2 aromatic carbocycles. The number of rotatable bonds is 8. The summed E-state index contributed by atoms with van der Waals surface area (Å²) in [6.07, 6.45) is 11.2. The molecule has 1 saturated carbocycles. The quantitative estimate of drug-likeness (QED) is 0.202. The van der Waals surface area contributed by atoms with Gasteiger partial charge in [0.25, 0.3) is 0 Å². The van der Waals surface area contributed by atoms with Crippen molar-refractivity contribution in [3.8, 4) is 11.1 Å². The van der Waals surface area contributed by atoms with E-state index in [1.165, 1.54) is 19.3 Å². The molecule has 0 amide bonds. The van der Waals surface area contributed by atoms with Gasteiger partial charge in [0, 0.05) is 23.5 Å². The summed E-state index contributed by atoms with van der Waals surface area (Å²) in [5.74, 6) is 11.5. The number of hydrazine groups is 1. The van der Waals surface area contributed by atoms with E-state index in [1.807, 2.05) is 33.4 Å². The van der Waals surface area contributed by atoms with Gasteiger partial charge < -0.3 is 11.3 Å². The highest BCUT2D eigenvalue weighted by molar-refractivity contribution is 6.04. The molecule has 3 aromatic rings. The van der Waals surface area contributed by atoms with E-state index < -0.39 is 0 Å². The number of unbranched alkanes of at least 4 members (excludes halogenated alkanes) is 1. The second kappa shape index (κ2) is 11.2. The first-order valence-corrected chi connectivity index (χ1v) is 12.4. The Morgan fingerprint density at radius 2 is 1.82 bits per heavy atom. The number of nitrogens with zero attached hydrogens (tertiary/aromatic N) is 3. The number of imidazole rings is 1. The van der Waals surface area contributed by atoms with Crippen molar-refractivity contribution in [2.24, 2.45) is 16.8 Å². The highest BCUT2D eigenvalue weighted by Gasteiger charge is 2.20. The van der Waals surface area contributed by atoms with Gasteiger partial charge >= 0.3 is 5.69 Å². The Morgan fingerprint density at radius 1 is 1.09 bits per heavy atom. The maximum absolute atomic E-state index is 13.4. The molecule has 1 aromatic heterocycles. The average Bonchev–Trinajstić information content (AvgIpc) is 3.19. The van der Waals surface area contributed by atoms with E-state index in [4.69, 9.17) is 11.7 Å². The first-order chi connectivity index (χ1) is 16.7. The van der Waals surface area contributed by atoms with Gasteiger partial charge in [0.2, 0.25) is 0 Å². The molecule has 0 bridgehead atoms. The molecule has 1 aliphatic carbocycles. The van der Waals surface area contributed by atoms with Gasteiger partial charge in [0.1, 0.15) is 0 Å². The summed E-state index contributed by atoms with van der Waals surface area (Å²) in [5, 5.41) is 3.76. The third-order valence-corrected chi connectivity index (χ3v) is 6.89. The standard InChI is InChI=1S/C27H36N6O/c1-2-3-9-23-19-33(22-10-5-4-6-11-22)27(34)32(23)18-20-14-16-21(17-15-20)24-12-7-8-13-25(24)26(30-28)31-29/h7-8,12-17,19,22H,2-6,9-11,18,28-29H2,1H3,(H,30,31). The number of aryl methyl sites for hydroxylation is 1. The number of hydrazone groups is 1. The van der Waals surface area contributed by atoms with Crippen molar-refractivity contribution in [3.63, 3.8) is 0 Å². The SMILES string of the molecule is CCCCc1cn(C2CCCCC2)c(=O)n1Cc1ccc(-c2ccccc2/C(=N/N)NN)cc1. The highest BCUT2D eigenvalue weighted by Crippen LogP contribution is 2.28. The number of nitrogens with two attached hydrogens (primary N) is 2. The van der Waals surface area contributed by atoms with E-state index in [0.717, 1.165) is 60.1 Å². The Labute approximate surface area is 201 Å². The smallest absolute Gasteiger partial charge is 0.321 e. The zero-order valence-corrected chi connectivity index (χ0v) is 20.0. The molecule has 34 heavy (non-hydrogen) atoms. The third kappa shape index (κ3) is 5.09. The average molecular weight is 461 g/mol. The van der Waals surface area contributed by atoms with Crippen LogP contribution in [0.3, 0.4) is 0 Å². The fourth-order valence-corrected chi connectivity index (χ4v) is 4.99. The fraction of sp³-hybridized carbons (Fsp3) is 0.407. The summed E-state index contributed by atoms with van der Waals surface area (Å²) in [4.78, 5) is 13.4. The van der Waals surface area contributed by atoms with E-state index in [-0.39, 0.29) is 5.69 Å². The third-order valence-electron chi connectivity index (χ3n) is 6.89. The summed E-state index contributed by atoms with van der Waals surface area (Å²) in [5.41, 5.74) is 7.80. The molecule has 0 atom stereocenters. The fourth-order valence-electron chi connectivity index (χ4n) is 4.99. The van der Waals surface area contributed by atoms with E-state index >= 15 is 0 Å². The number of amidine groups is 1. The van der Waals surface area contributed by atoms with E-state index in [2.05, 4.69) is 47.9 Å². The maximum Gasteiger partial charge on any atom is 0.328 e. The van der Waals surface area contributed by atoms with Crippen LogP contribution in [0.2, 0.25) is 0 Å². The number of nitrogens with one attached hydrogen (secondary N) is 1. The number of aromatic nitrogens is 2. The molecule has 0 aliphatic heterocycles. The summed E-state index contributed by atoms with van der Waals surface area (Å²) in [6, 6.07) is 16.5. The molecule has 0 saturated heterocycles. The molecule has 1 heterocycles. The van der Waals surface area contributed by atoms with Crippen molar-refractivity contribution in [2.45, 2.75) is 70.9 Å². The normalized spacial score (nSPS) is 14.9. The Morgan fingerprint density at radius 3 is 2.50 bits per heavy atom. The second-order valence-corrected chi connectivity index (χ2v) is 9.16. The van der Waals surface area contributed by atoms with Crippen LogP contribution in [0.1, 0.15) is 74.7 Å². The monoisotopic (exact) mass is 460 g/mol. The Hall–Kier alpha value is -3.32. The van der Waals surface area contributed by atoms with Crippen molar-refractivity contribution in [1.82, 2.24) is 14.6 Å². The van der Waals surface area contributed by atoms with Crippen LogP contribution in [0.5, 0.6) is 0 Å². The van der Waals surface area contributed by atoms with Gasteiger partial charge in [-0.15, -0.1) is 0 Å². The molecule has 0 unspecified atom stereocenters. The molecule has 4 rings (SSSR count). The van der Waals surface area contributed by atoms with Crippen LogP contribution < -0.4 is 22.8 Å². The highest BCUT2D eigenvalue weighted by atomic mass is 16.1. The largest absolute Gasteiger partial charge is 0.328 e. The van der Waals surface area contributed by atoms with Crippen molar-refractivity contribution in [2.75, 3.05) is 0 Å². The van der Waals surface area contributed by atoms with E-state index in [9.17, 15) is 4.79 Å². The lowest BCUT2D eigenvalue weighted by Crippen LogP contribution is -2.32. The lowest BCUT2D eigenvalue weighted by Gasteiger charge is -2.22. The van der Waals surface area contributed by atoms with Gasteiger partial charge in [-0.3, -0.25) is 9.13 Å². The molecule has 7 heteroatoms. The van der Waals surface area contributed by atoms with Crippen LogP contribution in [0.25, 0.3) is 11.1 Å². The molecule has 1 fully saturated rings. The maximum atomic E-state index is 13.4. The lowest BCUT2D eigenvalue weighted by molar-refractivity contribution is 0.344. The van der Waals surface area contributed by atoms with Crippen LogP contribution in [0.15, 0.2) is 64.6 Å². The van der Waals surface area contributed by atoms with Crippen LogP contribution >= 0.6 is 0 Å². The summed E-state index contributed by atoms with van der Waals surface area (Å²) in [6.45, 7) is 2.78. The van der Waals surface area contributed by atoms with Crippen molar-refractivity contribution >= 4 is 5.84 Å². The van der Waals surface area contributed by atoms with Crippen molar-refractivity contribution < 1.29 is 0 Å². The van der Waals surface area contributed by atoms with E-state index in [0.29, 0.717) is 18.4 Å². The molecule has 1 aliphatic rings. The second-order valence-electron chi connectivity index (χ2n) is 9.16. The summed E-state index contributed by atoms with van der Waals surface area (Å²) < 4.78 is 3.99. The van der Waals surface area contributed by atoms with E-state index in [1.54, 1.807) is 0 Å². The van der Waals surface area contributed by atoms with Gasteiger partial charge in [-0.1, -0.05) is 81.1 Å². The Balaban J connectivity index is 1.62. The minimum absolute atomic E-state index is 0.130. The molecule has 7 nitrogen and oxygen atoms in total. The summed E-state index contributed by atoms with van der Waals surface area (Å²) in [7, 11) is 0. The molecular formula is C27H36N6O. The van der Waals surface area contributed by atoms with Crippen LogP contribution in [0.4, 0.5) is 0 Å². The van der Waals surface area contributed by atoms with Gasteiger partial charge in [-0.2, -0.15) is 5.10 Å². The molecule has 0 spiro atoms. The molecular weight excluding hydrogens is 424 g/mol. The Bertz CT molecular complexity index is 1170. The van der Waals surface area contributed by atoms with Gasteiger partial charge in [-0.25, -0.2) is 10.6 Å². The summed E-state index contributed by atoms with van der Waals surface area (Å²) >= 11 is 0. The number of hydrogen-bond donors (Lipinski definition) is 3. The van der Waals surface area contributed by atoms with Crippen LogP contribution in [0, 0.1) is 0 Å². The number of hydrogen-bond acceptors (Lipinski definition) is 4. The minimum Gasteiger partial charge on any atom is -0.321 e. The minimum atomic E-state index is 0.130. The predicted octanol–water partition coefficient (Wildman–Crippen LogP) is 4.30. The van der Waals surface area contributed by atoms with Crippen LogP contribution in [-0.4, -0.2) is 15.0 Å².